The van der Waals surface area contributed by atoms with Gasteiger partial charge in [0.25, 0.3) is 0 Å². The Labute approximate surface area is 124 Å². The van der Waals surface area contributed by atoms with Crippen molar-refractivity contribution in [2.45, 2.75) is 16.7 Å². The van der Waals surface area contributed by atoms with E-state index in [9.17, 15) is 0 Å². The summed E-state index contributed by atoms with van der Waals surface area (Å²) in [5.74, 6) is 0. The summed E-state index contributed by atoms with van der Waals surface area (Å²) in [6.07, 6.45) is 3.64. The van der Waals surface area contributed by atoms with Gasteiger partial charge in [0.1, 0.15) is 5.52 Å². The summed E-state index contributed by atoms with van der Waals surface area (Å²) < 4.78 is 0.950. The van der Waals surface area contributed by atoms with Crippen molar-refractivity contribution in [1.29, 1.82) is 0 Å². The smallest absolute Gasteiger partial charge is 0.103 e. The van der Waals surface area contributed by atoms with Gasteiger partial charge in [0, 0.05) is 26.7 Å². The molecule has 0 aliphatic rings. The predicted octanol–water partition coefficient (Wildman–Crippen LogP) is 4.85. The molecule has 3 rings (SSSR count). The van der Waals surface area contributed by atoms with E-state index in [-0.39, 0.29) is 0 Å². The maximum absolute atomic E-state index is 4.48. The lowest BCUT2D eigenvalue weighted by Gasteiger charge is -2.07. The highest BCUT2D eigenvalue weighted by Crippen LogP contribution is 2.33. The predicted molar refractivity (Wildman–Crippen MR) is 82.5 cm³/mol. The quantitative estimate of drug-likeness (QED) is 0.671. The van der Waals surface area contributed by atoms with Crippen LogP contribution in [0.15, 0.2) is 63.1 Å². The maximum Gasteiger partial charge on any atom is 0.103 e. The fourth-order valence-electron chi connectivity index (χ4n) is 1.85. The van der Waals surface area contributed by atoms with Crippen LogP contribution in [0.5, 0.6) is 0 Å². The van der Waals surface area contributed by atoms with E-state index in [4.69, 9.17) is 0 Å². The van der Waals surface area contributed by atoms with Crippen molar-refractivity contribution in [3.63, 3.8) is 0 Å². The third-order valence-corrected chi connectivity index (χ3v) is 4.48. The van der Waals surface area contributed by atoms with Crippen LogP contribution in [-0.2, 0) is 0 Å². The maximum atomic E-state index is 4.48. The number of halogens is 1. The molecular formula is C15H11BrN2S. The van der Waals surface area contributed by atoms with Gasteiger partial charge in [0.2, 0.25) is 0 Å². The topological polar surface area (TPSA) is 25.8 Å². The lowest BCUT2D eigenvalue weighted by molar-refractivity contribution is 1.25. The zero-order chi connectivity index (χ0) is 13.2. The molecule has 3 aromatic rings. The molecule has 0 saturated carbocycles. The number of aryl methyl sites for hydroxylation is 1. The second-order valence-corrected chi connectivity index (χ2v) is 6.20. The Morgan fingerprint density at radius 3 is 2.74 bits per heavy atom. The fourth-order valence-corrected chi connectivity index (χ4v) is 3.17. The molecule has 2 heterocycles. The van der Waals surface area contributed by atoms with Gasteiger partial charge in [-0.05, 0) is 46.6 Å². The van der Waals surface area contributed by atoms with E-state index in [1.807, 2.05) is 24.5 Å². The first-order valence-corrected chi connectivity index (χ1v) is 7.49. The van der Waals surface area contributed by atoms with Crippen LogP contribution in [0, 0.1) is 6.92 Å². The third kappa shape index (κ3) is 2.65. The lowest BCUT2D eigenvalue weighted by atomic mass is 10.2. The van der Waals surface area contributed by atoms with Crippen molar-refractivity contribution in [1.82, 2.24) is 9.97 Å². The molecule has 1 aromatic carbocycles. The van der Waals surface area contributed by atoms with Gasteiger partial charge in [-0.1, -0.05) is 30.0 Å². The highest BCUT2D eigenvalue weighted by Gasteiger charge is 2.07. The molecule has 2 nitrogen and oxygen atoms in total. The Morgan fingerprint density at radius 1 is 1.05 bits per heavy atom. The number of benzene rings is 1. The normalized spacial score (nSPS) is 10.8. The molecule has 0 aliphatic carbocycles. The molecule has 0 radical (unpaired) electrons. The summed E-state index contributed by atoms with van der Waals surface area (Å²) in [4.78, 5) is 11.2. The van der Waals surface area contributed by atoms with Gasteiger partial charge < -0.3 is 0 Å². The van der Waals surface area contributed by atoms with E-state index >= 15 is 0 Å². The highest BCUT2D eigenvalue weighted by molar-refractivity contribution is 9.10. The first-order chi connectivity index (χ1) is 9.24. The molecule has 19 heavy (non-hydrogen) atoms. The van der Waals surface area contributed by atoms with Crippen LogP contribution < -0.4 is 0 Å². The van der Waals surface area contributed by atoms with Crippen molar-refractivity contribution >= 4 is 38.7 Å². The van der Waals surface area contributed by atoms with Gasteiger partial charge >= 0.3 is 0 Å². The first kappa shape index (κ1) is 12.6. The van der Waals surface area contributed by atoms with E-state index < -0.39 is 0 Å². The minimum atomic E-state index is 0.910. The van der Waals surface area contributed by atoms with Gasteiger partial charge in [-0.3, -0.25) is 9.97 Å². The standard InChI is InChI=1S/C15H11BrN2S/c1-10-4-2-3-5-13(10)19-14-6-7-17-12-8-11(16)9-18-15(12)14/h2-9H,1H3. The Bertz CT molecular complexity index is 743. The van der Waals surface area contributed by atoms with E-state index in [1.54, 1.807) is 11.8 Å². The minimum Gasteiger partial charge on any atom is -0.254 e. The van der Waals surface area contributed by atoms with Crippen molar-refractivity contribution in [2.24, 2.45) is 0 Å². The number of fused-ring (bicyclic) bond motifs is 1. The molecule has 0 atom stereocenters. The summed E-state index contributed by atoms with van der Waals surface area (Å²) in [7, 11) is 0. The molecule has 0 aliphatic heterocycles. The third-order valence-electron chi connectivity index (χ3n) is 2.82. The van der Waals surface area contributed by atoms with Gasteiger partial charge in [-0.15, -0.1) is 0 Å². The molecule has 0 fully saturated rings. The van der Waals surface area contributed by atoms with Gasteiger partial charge in [-0.25, -0.2) is 0 Å². The van der Waals surface area contributed by atoms with Crippen molar-refractivity contribution in [3.05, 3.63) is 58.8 Å². The Kier molecular flexibility index (Phi) is 3.53. The van der Waals surface area contributed by atoms with Crippen LogP contribution in [0.3, 0.4) is 0 Å². The highest BCUT2D eigenvalue weighted by atomic mass is 79.9. The zero-order valence-electron chi connectivity index (χ0n) is 10.3. The second kappa shape index (κ2) is 5.31. The molecule has 0 bridgehead atoms. The number of rotatable bonds is 2. The van der Waals surface area contributed by atoms with Gasteiger partial charge in [0.15, 0.2) is 0 Å². The van der Waals surface area contributed by atoms with E-state index in [2.05, 4.69) is 57.1 Å². The number of nitrogens with zero attached hydrogens (tertiary/aromatic N) is 2. The number of hydrogen-bond acceptors (Lipinski definition) is 3. The number of aromatic nitrogens is 2. The van der Waals surface area contributed by atoms with Crippen molar-refractivity contribution < 1.29 is 0 Å². The Morgan fingerprint density at radius 2 is 1.89 bits per heavy atom. The van der Waals surface area contributed by atoms with Crippen LogP contribution in [0.25, 0.3) is 11.0 Å². The summed E-state index contributed by atoms with van der Waals surface area (Å²) in [5.41, 5.74) is 3.13. The Balaban J connectivity index is 2.09. The average Bonchev–Trinajstić information content (AvgIpc) is 2.41. The largest absolute Gasteiger partial charge is 0.254 e. The minimum absolute atomic E-state index is 0.910. The van der Waals surface area contributed by atoms with E-state index in [0.29, 0.717) is 0 Å². The zero-order valence-corrected chi connectivity index (χ0v) is 12.7. The second-order valence-electron chi connectivity index (χ2n) is 4.20. The SMILES string of the molecule is Cc1ccccc1Sc1ccnc2cc(Br)cnc12. The van der Waals surface area contributed by atoms with Crippen molar-refractivity contribution in [2.75, 3.05) is 0 Å². The van der Waals surface area contributed by atoms with Crippen LogP contribution in [0.1, 0.15) is 5.56 Å². The molecule has 0 unspecified atom stereocenters. The van der Waals surface area contributed by atoms with Crippen molar-refractivity contribution in [3.8, 4) is 0 Å². The van der Waals surface area contributed by atoms with Gasteiger partial charge in [-0.2, -0.15) is 0 Å². The van der Waals surface area contributed by atoms with E-state index in [0.717, 1.165) is 20.4 Å². The summed E-state index contributed by atoms with van der Waals surface area (Å²) in [6, 6.07) is 12.4. The lowest BCUT2D eigenvalue weighted by Crippen LogP contribution is -1.87. The average molecular weight is 331 g/mol. The van der Waals surface area contributed by atoms with Crippen LogP contribution in [-0.4, -0.2) is 9.97 Å². The van der Waals surface area contributed by atoms with Crippen LogP contribution in [0.2, 0.25) is 0 Å². The summed E-state index contributed by atoms with van der Waals surface area (Å²) in [6.45, 7) is 2.12. The molecule has 2 aromatic heterocycles. The van der Waals surface area contributed by atoms with E-state index in [1.165, 1.54) is 10.5 Å². The number of hydrogen-bond donors (Lipinski definition) is 0. The van der Waals surface area contributed by atoms with Crippen LogP contribution in [0.4, 0.5) is 0 Å². The molecule has 0 amide bonds. The number of pyridine rings is 2. The summed E-state index contributed by atoms with van der Waals surface area (Å²) in [5, 5.41) is 0. The van der Waals surface area contributed by atoms with Crippen LogP contribution >= 0.6 is 27.7 Å². The molecule has 0 spiro atoms. The summed E-state index contributed by atoms with van der Waals surface area (Å²) >= 11 is 5.16. The fraction of sp³-hybridized carbons (Fsp3) is 0.0667. The molecular weight excluding hydrogens is 320 g/mol. The van der Waals surface area contributed by atoms with Gasteiger partial charge in [0.05, 0.1) is 5.52 Å². The molecule has 4 heteroatoms. The molecule has 94 valence electrons. The first-order valence-electron chi connectivity index (χ1n) is 5.88. The monoisotopic (exact) mass is 330 g/mol. The Hall–Kier alpha value is -1.39. The molecule has 0 saturated heterocycles. The molecule has 0 N–H and O–H groups in total.